The minimum atomic E-state index is -0.591. The summed E-state index contributed by atoms with van der Waals surface area (Å²) in [6.45, 7) is 60.0. The van der Waals surface area contributed by atoms with E-state index < -0.39 is 29.5 Å². The number of ether oxygens (including phenoxy) is 2. The van der Waals surface area contributed by atoms with Crippen LogP contribution in [0.15, 0.2) is 126 Å². The zero-order valence-electron chi connectivity index (χ0n) is 64.8. The van der Waals surface area contributed by atoms with Gasteiger partial charge in [0, 0.05) is 141 Å². The van der Waals surface area contributed by atoms with Crippen LogP contribution in [-0.4, -0.2) is 124 Å². The Kier molecular flexibility index (Phi) is 73.8. The van der Waals surface area contributed by atoms with Gasteiger partial charge in [-0.05, 0) is 165 Å². The molecule has 0 bridgehead atoms. The Morgan fingerprint density at radius 1 is 0.592 bits per heavy atom. The molecule has 5 aromatic carbocycles. The molecule has 1 saturated heterocycles. The van der Waals surface area contributed by atoms with Gasteiger partial charge in [0.2, 0.25) is 0 Å². The molecule has 0 aromatic heterocycles. The van der Waals surface area contributed by atoms with Gasteiger partial charge in [-0.2, -0.15) is 0 Å². The first-order valence-corrected chi connectivity index (χ1v) is 34.0. The Morgan fingerprint density at radius 2 is 0.898 bits per heavy atom. The molecule has 1 heterocycles. The van der Waals surface area contributed by atoms with Crippen molar-refractivity contribution in [1.82, 2.24) is 30.7 Å². The molecule has 5 unspecified atom stereocenters. The Morgan fingerprint density at radius 3 is 1.17 bits per heavy atom. The molecule has 0 spiro atoms. The van der Waals surface area contributed by atoms with Gasteiger partial charge in [0.25, 0.3) is 0 Å². The zero-order valence-corrected chi connectivity index (χ0v) is 70.5. The van der Waals surface area contributed by atoms with E-state index in [0.717, 1.165) is 48.4 Å². The number of urea groups is 1. The molecule has 98 heavy (non-hydrogen) atoms. The zero-order chi connectivity index (χ0) is 74.3. The van der Waals surface area contributed by atoms with E-state index in [9.17, 15) is 19.5 Å². The third kappa shape index (κ3) is 55.6. The van der Waals surface area contributed by atoms with Gasteiger partial charge >= 0.3 is 18.2 Å². The average molecular weight is 1520 g/mol. The fourth-order valence-electron chi connectivity index (χ4n) is 8.17. The van der Waals surface area contributed by atoms with E-state index >= 15 is 0 Å². The molecular weight excluding hydrogens is 1380 g/mol. The second-order valence-corrected chi connectivity index (χ2v) is 23.6. The molecule has 2 radical (unpaired) electrons. The summed E-state index contributed by atoms with van der Waals surface area (Å²) in [5, 5.41) is 31.6. The topological polar surface area (TPSA) is 248 Å². The molecule has 5 aromatic rings. The fourth-order valence-corrected chi connectivity index (χ4v) is 8.17. The third-order valence-electron chi connectivity index (χ3n) is 12.6. The van der Waals surface area contributed by atoms with Crippen molar-refractivity contribution in [3.05, 3.63) is 187 Å². The summed E-state index contributed by atoms with van der Waals surface area (Å²) in [6.07, 6.45) is -1.67. The number of amides is 4. The van der Waals surface area contributed by atoms with Crippen LogP contribution in [-0.2, 0) is 112 Å². The predicted molar refractivity (Wildman–Crippen MR) is 407 cm³/mol. The van der Waals surface area contributed by atoms with Crippen molar-refractivity contribution >= 4 is 25.0 Å². The van der Waals surface area contributed by atoms with Gasteiger partial charge in [-0.15, -0.1) is 0 Å². The minimum absolute atomic E-state index is 0. The predicted octanol–water partition coefficient (Wildman–Crippen LogP) is 17.8. The Labute approximate surface area is 647 Å². The summed E-state index contributed by atoms with van der Waals surface area (Å²) in [4.78, 5) is 51.6. The van der Waals surface area contributed by atoms with Crippen LogP contribution in [0.5, 0.6) is 0 Å². The number of hydrogen-bond acceptors (Lipinski definition) is 12. The summed E-state index contributed by atoms with van der Waals surface area (Å²) in [5.41, 5.74) is 25.1. The number of hydrogen-bond donors (Lipinski definition) is 6. The van der Waals surface area contributed by atoms with Gasteiger partial charge < -0.3 is 60.9 Å². The Bertz CT molecular complexity index is 2730. The van der Waals surface area contributed by atoms with E-state index in [1.165, 1.54) is 38.3 Å². The Hall–Kier alpha value is -5.10. The number of aliphatic hydroxyl groups is 2. The summed E-state index contributed by atoms with van der Waals surface area (Å²) < 4.78 is 10.8. The molecule has 0 aliphatic carbocycles. The average Bonchev–Trinajstić information content (AvgIpc) is 1.49. The van der Waals surface area contributed by atoms with Crippen molar-refractivity contribution in [2.45, 2.75) is 262 Å². The first kappa shape index (κ1) is 109. The van der Waals surface area contributed by atoms with E-state index in [4.69, 9.17) is 30.6 Å². The number of nitrogens with two attached hydrogens (primary N) is 1. The number of azide groups is 1. The molecular formula is C78H135N10O8Y2-. The van der Waals surface area contributed by atoms with E-state index in [-0.39, 0.29) is 110 Å². The van der Waals surface area contributed by atoms with Crippen LogP contribution in [0.1, 0.15) is 208 Å². The maximum atomic E-state index is 12.4. The van der Waals surface area contributed by atoms with Crippen LogP contribution < -0.4 is 21.7 Å². The number of aryl methyl sites for hydroxylation is 5. The van der Waals surface area contributed by atoms with Crippen molar-refractivity contribution < 1.29 is 104 Å². The van der Waals surface area contributed by atoms with Gasteiger partial charge in [0.1, 0.15) is 11.2 Å². The van der Waals surface area contributed by atoms with Gasteiger partial charge in [0.05, 0.1) is 24.8 Å². The number of carbonyl (C=O) groups excluding carboxylic acids is 4. The molecule has 552 valence electrons. The molecule has 18 nitrogen and oxygen atoms in total. The molecule has 1 aliphatic heterocycles. The van der Waals surface area contributed by atoms with Crippen LogP contribution in [0, 0.1) is 34.6 Å². The number of rotatable bonds is 19. The number of nitrogens with one attached hydrogen (secondary N) is 3. The first-order valence-electron chi connectivity index (χ1n) is 34.0. The van der Waals surface area contributed by atoms with Crippen LogP contribution in [0.3, 0.4) is 0 Å². The molecule has 0 saturated carbocycles. The van der Waals surface area contributed by atoms with E-state index in [1.807, 2.05) is 216 Å². The maximum absolute atomic E-state index is 12.4. The number of carbonyl (C=O) groups is 3. The second-order valence-electron chi connectivity index (χ2n) is 23.6. The Balaban J connectivity index is -0.000000166. The number of nitrogens with zero attached hydrogens (tertiary/aromatic N) is 6. The van der Waals surface area contributed by atoms with Gasteiger partial charge in [0.15, 0.2) is 0 Å². The fraction of sp³-hybridized carbons (Fsp3) is 0.564. The van der Waals surface area contributed by atoms with Crippen molar-refractivity contribution in [2.24, 2.45) is 10.8 Å². The van der Waals surface area contributed by atoms with Gasteiger partial charge in [-0.3, -0.25) is 6.79 Å². The first-order chi connectivity index (χ1) is 45.0. The summed E-state index contributed by atoms with van der Waals surface area (Å²) >= 11 is 0. The van der Waals surface area contributed by atoms with Crippen molar-refractivity contribution in [2.75, 3.05) is 32.7 Å². The van der Waals surface area contributed by atoms with Crippen molar-refractivity contribution in [1.29, 1.82) is 0 Å². The molecule has 5 atom stereocenters. The van der Waals surface area contributed by atoms with Crippen molar-refractivity contribution in [3.8, 4) is 0 Å². The third-order valence-corrected chi connectivity index (χ3v) is 12.6. The summed E-state index contributed by atoms with van der Waals surface area (Å²) in [6, 6.07) is 40.8. The van der Waals surface area contributed by atoms with E-state index in [0.29, 0.717) is 32.7 Å². The van der Waals surface area contributed by atoms with Crippen molar-refractivity contribution in [3.63, 3.8) is 0 Å². The largest absolute Gasteiger partial charge is 0.545 e. The normalized spacial score (nSPS) is 12.3. The molecule has 7 N–H and O–H groups in total. The number of aliphatic hydroxyl groups excluding tert-OH is 2. The van der Waals surface area contributed by atoms with Crippen LogP contribution in [0.25, 0.3) is 10.4 Å². The van der Waals surface area contributed by atoms with E-state index in [1.54, 1.807) is 25.7 Å². The van der Waals surface area contributed by atoms with Crippen LogP contribution >= 0.6 is 0 Å². The molecule has 1 aliphatic rings. The summed E-state index contributed by atoms with van der Waals surface area (Å²) in [7, 11) is 0. The molecule has 4 amide bonds. The SMILES string of the molecule is C.CC.CC.CC.CC.CC.Cc1ccccc1CN(CC(C)N=[N+]=[N-])C(=O)OC(C)(C)C.Cc1ccccc1CN(CC(C)O)C(=O)OC(C)(C)C.Cc1ccccc1CN1CC(C)NC1=O.Cc1ccccc1CNCC(C)N.Cc1ccccc1CNCC(C)O.[CH-]=O.[Y].[Y]. The van der Waals surface area contributed by atoms with Crippen LogP contribution in [0.4, 0.5) is 14.4 Å². The molecule has 6 rings (SSSR count). The standard InChI is InChI=1S/C16H24N4O2.C16H25NO3.C12H16N2O.C11H18N2.C11H17NO.5C2H6.CHO.CH4.2Y/c1-12-8-6-7-9-14(12)11-20(10-13(2)18-19-17)15(21)22-16(3,4)5;1-12-8-6-7-9-14(12)11-17(10-13(2)18)15(19)20-16(3,4)5;1-9-5-3-4-6-11(9)8-14-7-10(2)13-12(14)15;1-9-5-3-4-6-11(9)8-13-7-10(2)12;1-9-5-3-4-6-11(9)8-12-7-10(2)13;6*1-2;;;/h6-9,13H,10-11H2,1-5H3;6-9,13,18H,10-11H2,1-5H3;3-6,10H,7-8H2,1-2H3,(H,13,15);3-6,10,13H,7-8,12H2,1-2H3;3-6,10,12-13H,7-8H2,1-2H3;5*1-2H3;1H;1H4;;/q;;;;;;;;;;-1;;;. The van der Waals surface area contributed by atoms with Gasteiger partial charge in [-0.25, -0.2) is 14.4 Å². The maximum Gasteiger partial charge on any atom is 0.410 e. The molecule has 20 heteroatoms. The monoisotopic (exact) mass is 1520 g/mol. The number of benzene rings is 5. The smallest absolute Gasteiger partial charge is 0.410 e. The van der Waals surface area contributed by atoms with Gasteiger partial charge in [-0.1, -0.05) is 210 Å². The summed E-state index contributed by atoms with van der Waals surface area (Å²) in [5.74, 6) is 0. The quantitative estimate of drug-likeness (QED) is 0.0149. The minimum Gasteiger partial charge on any atom is -0.545 e. The van der Waals surface area contributed by atoms with Crippen LogP contribution in [0.2, 0.25) is 0 Å². The molecule has 1 fully saturated rings. The second kappa shape index (κ2) is 66.4. The van der Waals surface area contributed by atoms with E-state index in [2.05, 4.69) is 102 Å².